The molecule has 1 heterocycles. The molecule has 0 spiro atoms. The Morgan fingerprint density at radius 2 is 1.67 bits per heavy atom. The van der Waals surface area contributed by atoms with Gasteiger partial charge in [0.15, 0.2) is 0 Å². The van der Waals surface area contributed by atoms with Crippen molar-refractivity contribution >= 4 is 27.3 Å². The maximum atomic E-state index is 14.0. The number of benzene rings is 3. The molecule has 0 aliphatic carbocycles. The summed E-state index contributed by atoms with van der Waals surface area (Å²) in [5.74, 6) is -0.600. The molecule has 0 bridgehead atoms. The van der Waals surface area contributed by atoms with Gasteiger partial charge in [0.05, 0.1) is 18.5 Å². The first-order chi connectivity index (χ1) is 14.3. The molecule has 7 heteroatoms. The molecule has 1 aliphatic rings. The fourth-order valence-electron chi connectivity index (χ4n) is 3.66. The number of rotatable bonds is 5. The Morgan fingerprint density at radius 1 is 1.00 bits per heavy atom. The van der Waals surface area contributed by atoms with Gasteiger partial charge in [0.1, 0.15) is 5.82 Å². The fraction of sp³-hybridized carbons (Fsp3) is 0.174. The van der Waals surface area contributed by atoms with E-state index < -0.39 is 15.8 Å². The summed E-state index contributed by atoms with van der Waals surface area (Å²) >= 11 is 0. The molecular formula is C23H21FN2O3S. The highest BCUT2D eigenvalue weighted by Crippen LogP contribution is 2.29. The van der Waals surface area contributed by atoms with Crippen LogP contribution in [-0.4, -0.2) is 27.1 Å². The SMILES string of the molecule is CS(=O)(=O)N(Cc1ccccc1F)c1ccc(C(=O)N2CCc3ccccc32)cc1. The number of amides is 1. The summed E-state index contributed by atoms with van der Waals surface area (Å²) < 4.78 is 39.9. The van der Waals surface area contributed by atoms with Gasteiger partial charge in [0.2, 0.25) is 10.0 Å². The minimum Gasteiger partial charge on any atom is -0.308 e. The number of anilines is 2. The van der Waals surface area contributed by atoms with Gasteiger partial charge in [0, 0.05) is 23.4 Å². The number of halogens is 1. The largest absolute Gasteiger partial charge is 0.308 e. The van der Waals surface area contributed by atoms with E-state index in [0.29, 0.717) is 17.8 Å². The lowest BCUT2D eigenvalue weighted by Gasteiger charge is -2.23. The average molecular weight is 424 g/mol. The summed E-state index contributed by atoms with van der Waals surface area (Å²) in [6, 6.07) is 20.2. The molecule has 154 valence electrons. The number of hydrogen-bond acceptors (Lipinski definition) is 3. The van der Waals surface area contributed by atoms with Crippen LogP contribution in [0.3, 0.4) is 0 Å². The number of sulfonamides is 1. The van der Waals surface area contributed by atoms with E-state index in [1.807, 2.05) is 24.3 Å². The van der Waals surface area contributed by atoms with E-state index in [0.717, 1.165) is 28.2 Å². The average Bonchev–Trinajstić information content (AvgIpc) is 3.16. The summed E-state index contributed by atoms with van der Waals surface area (Å²) in [4.78, 5) is 14.7. The molecule has 4 rings (SSSR count). The van der Waals surface area contributed by atoms with Crippen molar-refractivity contribution in [3.8, 4) is 0 Å². The molecule has 1 aliphatic heterocycles. The number of fused-ring (bicyclic) bond motifs is 1. The van der Waals surface area contributed by atoms with Gasteiger partial charge in [0.25, 0.3) is 5.91 Å². The van der Waals surface area contributed by atoms with Crippen molar-refractivity contribution in [2.45, 2.75) is 13.0 Å². The normalized spacial score (nSPS) is 13.2. The van der Waals surface area contributed by atoms with Crippen molar-refractivity contribution in [3.63, 3.8) is 0 Å². The highest BCUT2D eigenvalue weighted by molar-refractivity contribution is 7.92. The number of carbonyl (C=O) groups excluding carboxylic acids is 1. The molecule has 0 saturated heterocycles. The number of nitrogens with zero attached hydrogens (tertiary/aromatic N) is 2. The predicted octanol–water partition coefficient (Wildman–Crippen LogP) is 3.99. The summed E-state index contributed by atoms with van der Waals surface area (Å²) in [5.41, 5.74) is 3.16. The first kappa shape index (κ1) is 20.1. The van der Waals surface area contributed by atoms with E-state index in [2.05, 4.69) is 0 Å². The number of carbonyl (C=O) groups is 1. The quantitative estimate of drug-likeness (QED) is 0.622. The van der Waals surface area contributed by atoms with Crippen LogP contribution in [0.25, 0.3) is 0 Å². The predicted molar refractivity (Wildman–Crippen MR) is 116 cm³/mol. The zero-order chi connectivity index (χ0) is 21.3. The van der Waals surface area contributed by atoms with Crippen LogP contribution in [-0.2, 0) is 23.0 Å². The third kappa shape index (κ3) is 3.93. The second-order valence-electron chi connectivity index (χ2n) is 7.24. The minimum atomic E-state index is -3.65. The Kier molecular flexibility index (Phi) is 5.30. The molecule has 0 aromatic heterocycles. The lowest BCUT2D eigenvalue weighted by molar-refractivity contribution is 0.0989. The zero-order valence-corrected chi connectivity index (χ0v) is 17.3. The highest BCUT2D eigenvalue weighted by Gasteiger charge is 2.26. The van der Waals surface area contributed by atoms with Crippen LogP contribution in [0.5, 0.6) is 0 Å². The van der Waals surface area contributed by atoms with Crippen molar-refractivity contribution in [1.82, 2.24) is 0 Å². The topological polar surface area (TPSA) is 57.7 Å². The minimum absolute atomic E-state index is 0.127. The summed E-state index contributed by atoms with van der Waals surface area (Å²) in [6.45, 7) is 0.487. The summed E-state index contributed by atoms with van der Waals surface area (Å²) in [7, 11) is -3.65. The van der Waals surface area contributed by atoms with E-state index >= 15 is 0 Å². The van der Waals surface area contributed by atoms with Crippen molar-refractivity contribution < 1.29 is 17.6 Å². The lowest BCUT2D eigenvalue weighted by atomic mass is 10.1. The van der Waals surface area contributed by atoms with E-state index in [1.165, 1.54) is 6.07 Å². The second-order valence-corrected chi connectivity index (χ2v) is 9.15. The monoisotopic (exact) mass is 424 g/mol. The lowest BCUT2D eigenvalue weighted by Crippen LogP contribution is -2.30. The first-order valence-corrected chi connectivity index (χ1v) is 11.4. The Balaban J connectivity index is 1.60. The maximum Gasteiger partial charge on any atom is 0.258 e. The van der Waals surface area contributed by atoms with Crippen LogP contribution in [0.4, 0.5) is 15.8 Å². The molecule has 0 saturated carbocycles. The van der Waals surface area contributed by atoms with E-state index in [1.54, 1.807) is 47.4 Å². The molecule has 0 unspecified atom stereocenters. The van der Waals surface area contributed by atoms with Crippen molar-refractivity contribution in [1.29, 1.82) is 0 Å². The van der Waals surface area contributed by atoms with Crippen molar-refractivity contribution in [2.75, 3.05) is 22.0 Å². The molecule has 0 N–H and O–H groups in total. The van der Waals surface area contributed by atoms with Gasteiger partial charge in [-0.2, -0.15) is 0 Å². The third-order valence-corrected chi connectivity index (χ3v) is 6.35. The van der Waals surface area contributed by atoms with Crippen molar-refractivity contribution in [3.05, 3.63) is 95.3 Å². The molecule has 0 fully saturated rings. The molecular weight excluding hydrogens is 403 g/mol. The van der Waals surface area contributed by atoms with Crippen LogP contribution in [0, 0.1) is 5.82 Å². The molecule has 0 radical (unpaired) electrons. The van der Waals surface area contributed by atoms with Gasteiger partial charge in [-0.3, -0.25) is 9.10 Å². The maximum absolute atomic E-state index is 14.0. The summed E-state index contributed by atoms with van der Waals surface area (Å²) in [6.07, 6.45) is 1.89. The first-order valence-electron chi connectivity index (χ1n) is 9.55. The molecule has 3 aromatic rings. The number of para-hydroxylation sites is 1. The van der Waals surface area contributed by atoms with E-state index in [9.17, 15) is 17.6 Å². The van der Waals surface area contributed by atoms with Crippen LogP contribution in [0.2, 0.25) is 0 Å². The summed E-state index contributed by atoms with van der Waals surface area (Å²) in [5, 5.41) is 0. The molecule has 5 nitrogen and oxygen atoms in total. The number of hydrogen-bond donors (Lipinski definition) is 0. The molecule has 0 atom stereocenters. The van der Waals surface area contributed by atoms with E-state index in [4.69, 9.17) is 0 Å². The standard InChI is InChI=1S/C23H21FN2O3S/c1-30(28,29)26(16-19-7-2-4-8-21(19)24)20-12-10-18(11-13-20)23(27)25-15-14-17-6-3-5-9-22(17)25/h2-13H,14-16H2,1H3. The van der Waals surface area contributed by atoms with Crippen LogP contribution in [0.15, 0.2) is 72.8 Å². The Hall–Kier alpha value is -3.19. The van der Waals surface area contributed by atoms with Gasteiger partial charge < -0.3 is 4.90 Å². The third-order valence-electron chi connectivity index (χ3n) is 5.21. The smallest absolute Gasteiger partial charge is 0.258 e. The van der Waals surface area contributed by atoms with E-state index in [-0.39, 0.29) is 18.0 Å². The van der Waals surface area contributed by atoms with Gasteiger partial charge in [-0.05, 0) is 48.4 Å². The molecule has 3 aromatic carbocycles. The van der Waals surface area contributed by atoms with Gasteiger partial charge in [-0.25, -0.2) is 12.8 Å². The van der Waals surface area contributed by atoms with Gasteiger partial charge >= 0.3 is 0 Å². The Bertz CT molecular complexity index is 1190. The Labute approximate surface area is 175 Å². The van der Waals surface area contributed by atoms with Gasteiger partial charge in [-0.15, -0.1) is 0 Å². The Morgan fingerprint density at radius 3 is 2.37 bits per heavy atom. The second kappa shape index (κ2) is 7.91. The zero-order valence-electron chi connectivity index (χ0n) is 16.5. The highest BCUT2D eigenvalue weighted by atomic mass is 32.2. The van der Waals surface area contributed by atoms with Crippen LogP contribution >= 0.6 is 0 Å². The molecule has 1 amide bonds. The fourth-order valence-corrected chi connectivity index (χ4v) is 4.53. The van der Waals surface area contributed by atoms with Crippen LogP contribution < -0.4 is 9.21 Å². The van der Waals surface area contributed by atoms with Crippen molar-refractivity contribution in [2.24, 2.45) is 0 Å². The van der Waals surface area contributed by atoms with Gasteiger partial charge in [-0.1, -0.05) is 36.4 Å². The van der Waals surface area contributed by atoms with Crippen LogP contribution in [0.1, 0.15) is 21.5 Å². The molecule has 30 heavy (non-hydrogen) atoms.